The fraction of sp³-hybridized carbons (Fsp3) is 0.786. The van der Waals surface area contributed by atoms with Gasteiger partial charge in [-0.15, -0.1) is 5.10 Å². The number of aromatic nitrogens is 3. The maximum Gasteiger partial charge on any atom is 0.325 e. The van der Waals surface area contributed by atoms with Crippen LogP contribution in [0.2, 0.25) is 0 Å². The lowest BCUT2D eigenvalue weighted by atomic mass is 9.97. The molecule has 5 atom stereocenters. The van der Waals surface area contributed by atoms with Gasteiger partial charge in [-0.05, 0) is 6.42 Å². The average Bonchev–Trinajstić information content (AvgIpc) is 3.08. The van der Waals surface area contributed by atoms with Gasteiger partial charge in [-0.2, -0.15) is 0 Å². The molecule has 0 aromatic carbocycles. The van der Waals surface area contributed by atoms with Crippen LogP contribution in [0.5, 0.6) is 0 Å². The molecule has 0 aliphatic carbocycles. The Morgan fingerprint density at radius 1 is 1.30 bits per heavy atom. The third-order valence-electron chi connectivity index (χ3n) is 4.12. The van der Waals surface area contributed by atoms with Gasteiger partial charge in [-0.25, -0.2) is 4.68 Å². The van der Waals surface area contributed by atoms with E-state index in [-0.39, 0.29) is 31.0 Å². The van der Waals surface area contributed by atoms with Crippen LogP contribution >= 0.6 is 7.60 Å². The normalized spacial score (nSPS) is 29.0. The Bertz CT molecular complexity index is 679. The van der Waals surface area contributed by atoms with Crippen molar-refractivity contribution in [3.8, 4) is 0 Å². The number of nitrogens with zero attached hydrogens (tertiary/aromatic N) is 3. The molecule has 0 saturated carbocycles. The molecule has 1 saturated heterocycles. The summed E-state index contributed by atoms with van der Waals surface area (Å²) in [5.41, 5.74) is 0.225. The molecule has 5 N–H and O–H groups in total. The van der Waals surface area contributed by atoms with Crippen molar-refractivity contribution in [2.75, 3.05) is 12.8 Å². The average molecular weight is 409 g/mol. The van der Waals surface area contributed by atoms with E-state index in [0.717, 1.165) is 0 Å². The Morgan fingerprint density at radius 2 is 2.00 bits per heavy atom. The zero-order valence-corrected chi connectivity index (χ0v) is 15.6. The first-order valence-corrected chi connectivity index (χ1v) is 10.2. The van der Waals surface area contributed by atoms with Crippen LogP contribution in [0.1, 0.15) is 30.3 Å². The molecule has 1 aromatic heterocycles. The summed E-state index contributed by atoms with van der Waals surface area (Å²) in [6, 6.07) is 0. The maximum absolute atomic E-state index is 11.5. The first kappa shape index (κ1) is 22.1. The van der Waals surface area contributed by atoms with Gasteiger partial charge in [0.05, 0.1) is 31.6 Å². The van der Waals surface area contributed by atoms with Crippen LogP contribution in [0.25, 0.3) is 0 Å². The summed E-state index contributed by atoms with van der Waals surface area (Å²) < 4.78 is 23.1. The first-order valence-electron chi connectivity index (χ1n) is 8.41. The number of hydrogen-bond acceptors (Lipinski definition) is 9. The summed E-state index contributed by atoms with van der Waals surface area (Å²) in [6.07, 6.45) is -6.07. The molecule has 13 heteroatoms. The molecule has 1 aliphatic rings. The second-order valence-corrected chi connectivity index (χ2v) is 7.98. The number of Topliss-reactive ketones (excluding diaryl/α,β-unsaturated/α-hetero) is 1. The number of rotatable bonds is 9. The molecule has 1 fully saturated rings. The number of ketones is 1. The smallest absolute Gasteiger partial charge is 0.325 e. The van der Waals surface area contributed by atoms with E-state index in [1.807, 2.05) is 0 Å². The highest BCUT2D eigenvalue weighted by molar-refractivity contribution is 7.51. The summed E-state index contributed by atoms with van der Waals surface area (Å²) in [5.74, 6) is -0.154. The molecule has 1 aliphatic heterocycles. The predicted octanol–water partition coefficient (Wildman–Crippen LogP) is -1.74. The number of hydrogen-bond donors (Lipinski definition) is 5. The molecule has 5 unspecified atom stereocenters. The molecule has 12 nitrogen and oxygen atoms in total. The minimum Gasteiger partial charge on any atom is -0.388 e. The van der Waals surface area contributed by atoms with Gasteiger partial charge in [0.15, 0.2) is 12.1 Å². The van der Waals surface area contributed by atoms with Gasteiger partial charge in [0.25, 0.3) is 0 Å². The van der Waals surface area contributed by atoms with E-state index in [2.05, 4.69) is 10.3 Å². The first-order chi connectivity index (χ1) is 12.6. The van der Waals surface area contributed by atoms with E-state index >= 15 is 0 Å². The standard InChI is InChI=1S/C14H24N3O9P/c1-2-9(18)8-7-17(16-15-8)4-5-25-14-13(21)12(20)11(19)10(26-14)3-6-27(22,23)24/h7,10-14,19-21H,2-6H2,1H3,(H2,22,23,24). The third kappa shape index (κ3) is 6.13. The van der Waals surface area contributed by atoms with Crippen molar-refractivity contribution in [1.82, 2.24) is 15.0 Å². The molecule has 27 heavy (non-hydrogen) atoms. The van der Waals surface area contributed by atoms with E-state index in [4.69, 9.17) is 19.3 Å². The molecule has 0 amide bonds. The van der Waals surface area contributed by atoms with E-state index in [1.165, 1.54) is 10.9 Å². The summed E-state index contributed by atoms with van der Waals surface area (Å²) in [4.78, 5) is 29.4. The molecule has 2 heterocycles. The van der Waals surface area contributed by atoms with Crippen molar-refractivity contribution >= 4 is 13.4 Å². The summed E-state index contributed by atoms with van der Waals surface area (Å²) in [7, 11) is -4.31. The number of carbonyl (C=O) groups is 1. The quantitative estimate of drug-likeness (QED) is 0.230. The molecular weight excluding hydrogens is 385 g/mol. The molecule has 2 rings (SSSR count). The fourth-order valence-corrected chi connectivity index (χ4v) is 3.16. The van der Waals surface area contributed by atoms with Crippen LogP contribution in [0, 0.1) is 0 Å². The Labute approximate surface area is 154 Å². The molecule has 0 radical (unpaired) electrons. The lowest BCUT2D eigenvalue weighted by molar-refractivity contribution is -0.297. The molecule has 154 valence electrons. The Balaban J connectivity index is 1.89. The Hall–Kier alpha value is -1.24. The highest BCUT2D eigenvalue weighted by Gasteiger charge is 2.44. The van der Waals surface area contributed by atoms with E-state index < -0.39 is 44.5 Å². The highest BCUT2D eigenvalue weighted by Crippen LogP contribution is 2.37. The van der Waals surface area contributed by atoms with Crippen LogP contribution in [-0.2, 0) is 20.6 Å². The third-order valence-corrected chi connectivity index (χ3v) is 4.96. The largest absolute Gasteiger partial charge is 0.388 e. The second-order valence-electron chi connectivity index (χ2n) is 6.21. The zero-order chi connectivity index (χ0) is 20.2. The van der Waals surface area contributed by atoms with Crippen LogP contribution in [0.15, 0.2) is 6.20 Å². The fourth-order valence-electron chi connectivity index (χ4n) is 2.57. The van der Waals surface area contributed by atoms with Crippen molar-refractivity contribution in [1.29, 1.82) is 0 Å². The Kier molecular flexibility index (Phi) is 7.60. The van der Waals surface area contributed by atoms with Crippen molar-refractivity contribution in [2.24, 2.45) is 0 Å². The number of aliphatic hydroxyl groups is 3. The van der Waals surface area contributed by atoms with Gasteiger partial charge in [-0.3, -0.25) is 9.36 Å². The van der Waals surface area contributed by atoms with Crippen molar-refractivity contribution in [2.45, 2.75) is 57.0 Å². The second kappa shape index (κ2) is 9.30. The van der Waals surface area contributed by atoms with Gasteiger partial charge in [0.2, 0.25) is 0 Å². The summed E-state index contributed by atoms with van der Waals surface area (Å²) >= 11 is 0. The SMILES string of the molecule is CCC(=O)c1cn(CCOC2OC(CCP(=O)(O)O)C(O)C(O)C2O)nn1. The lowest BCUT2D eigenvalue weighted by Gasteiger charge is -2.40. The van der Waals surface area contributed by atoms with Crippen LogP contribution in [-0.4, -0.2) is 89.4 Å². The molecule has 0 bridgehead atoms. The van der Waals surface area contributed by atoms with Gasteiger partial charge in [0.1, 0.15) is 24.0 Å². The molecule has 0 spiro atoms. The lowest BCUT2D eigenvalue weighted by Crippen LogP contribution is -2.58. The predicted molar refractivity (Wildman–Crippen MR) is 88.8 cm³/mol. The van der Waals surface area contributed by atoms with Gasteiger partial charge < -0.3 is 34.6 Å². The van der Waals surface area contributed by atoms with Gasteiger partial charge >= 0.3 is 7.60 Å². The van der Waals surface area contributed by atoms with Crippen LogP contribution in [0.3, 0.4) is 0 Å². The number of ether oxygens (including phenoxy) is 2. The minimum atomic E-state index is -4.31. The number of carbonyl (C=O) groups excluding carboxylic acids is 1. The summed E-state index contributed by atoms with van der Waals surface area (Å²) in [5, 5.41) is 37.3. The zero-order valence-electron chi connectivity index (χ0n) is 14.7. The molecular formula is C14H24N3O9P. The summed E-state index contributed by atoms with van der Waals surface area (Å²) in [6.45, 7) is 1.87. The highest BCUT2D eigenvalue weighted by atomic mass is 31.2. The van der Waals surface area contributed by atoms with Crippen LogP contribution in [0.4, 0.5) is 0 Å². The maximum atomic E-state index is 11.5. The van der Waals surface area contributed by atoms with Crippen molar-refractivity contribution in [3.63, 3.8) is 0 Å². The van der Waals surface area contributed by atoms with Gasteiger partial charge in [0, 0.05) is 6.42 Å². The van der Waals surface area contributed by atoms with E-state index in [1.54, 1.807) is 6.92 Å². The molecule has 1 aromatic rings. The van der Waals surface area contributed by atoms with Crippen molar-refractivity contribution in [3.05, 3.63) is 11.9 Å². The van der Waals surface area contributed by atoms with E-state index in [0.29, 0.717) is 6.42 Å². The minimum absolute atomic E-state index is 0.0150. The van der Waals surface area contributed by atoms with Crippen molar-refractivity contribution < 1.29 is 43.9 Å². The van der Waals surface area contributed by atoms with E-state index in [9.17, 15) is 24.7 Å². The number of aliphatic hydroxyl groups excluding tert-OH is 3. The Morgan fingerprint density at radius 3 is 2.63 bits per heavy atom. The monoisotopic (exact) mass is 409 g/mol. The van der Waals surface area contributed by atoms with Gasteiger partial charge in [-0.1, -0.05) is 12.1 Å². The topological polar surface area (TPSA) is 184 Å². The van der Waals surface area contributed by atoms with Crippen LogP contribution < -0.4 is 0 Å².